The first kappa shape index (κ1) is 15.4. The lowest BCUT2D eigenvalue weighted by Gasteiger charge is -2.36. The number of benzene rings is 1. The molecule has 2 heteroatoms. The molecular formula is C18H28O2. The Morgan fingerprint density at radius 3 is 2.50 bits per heavy atom. The van der Waals surface area contributed by atoms with Crippen molar-refractivity contribution in [2.75, 3.05) is 13.7 Å². The van der Waals surface area contributed by atoms with Gasteiger partial charge in [0, 0.05) is 12.2 Å². The highest BCUT2D eigenvalue weighted by molar-refractivity contribution is 5.48. The van der Waals surface area contributed by atoms with Gasteiger partial charge in [0.15, 0.2) is 0 Å². The number of hydrogen-bond donors (Lipinski definition) is 1. The van der Waals surface area contributed by atoms with E-state index in [0.29, 0.717) is 0 Å². The Morgan fingerprint density at radius 2 is 1.90 bits per heavy atom. The van der Waals surface area contributed by atoms with Crippen molar-refractivity contribution in [3.8, 4) is 5.75 Å². The van der Waals surface area contributed by atoms with Crippen LogP contribution in [-0.4, -0.2) is 18.8 Å². The largest absolute Gasteiger partial charge is 0.496 e. The van der Waals surface area contributed by atoms with Gasteiger partial charge in [-0.3, -0.25) is 0 Å². The zero-order valence-corrected chi connectivity index (χ0v) is 13.2. The van der Waals surface area contributed by atoms with Crippen LogP contribution in [0.3, 0.4) is 0 Å². The molecule has 0 spiro atoms. The molecule has 0 aromatic heterocycles. The third kappa shape index (κ3) is 3.17. The maximum atomic E-state index is 9.04. The summed E-state index contributed by atoms with van der Waals surface area (Å²) in [5.74, 6) is 1.07. The monoisotopic (exact) mass is 276 g/mol. The van der Waals surface area contributed by atoms with E-state index in [2.05, 4.69) is 26.0 Å². The molecule has 112 valence electrons. The van der Waals surface area contributed by atoms with Crippen molar-refractivity contribution in [3.05, 3.63) is 28.8 Å². The van der Waals surface area contributed by atoms with E-state index < -0.39 is 0 Å². The lowest BCUT2D eigenvalue weighted by Crippen LogP contribution is -2.26. The SMILES string of the molecule is COc1c(C)cc(CCCO)cc1C1(C)CCCCC1. The van der Waals surface area contributed by atoms with E-state index >= 15 is 0 Å². The van der Waals surface area contributed by atoms with E-state index in [9.17, 15) is 0 Å². The number of ether oxygens (including phenoxy) is 1. The lowest BCUT2D eigenvalue weighted by molar-refractivity contribution is 0.288. The molecule has 0 amide bonds. The normalized spacial score (nSPS) is 18.0. The van der Waals surface area contributed by atoms with E-state index in [1.165, 1.54) is 48.8 Å². The third-order valence-electron chi connectivity index (χ3n) is 4.77. The smallest absolute Gasteiger partial charge is 0.125 e. The van der Waals surface area contributed by atoms with Crippen LogP contribution in [0.15, 0.2) is 12.1 Å². The maximum absolute atomic E-state index is 9.04. The fourth-order valence-electron chi connectivity index (χ4n) is 3.60. The molecule has 1 aliphatic carbocycles. The third-order valence-corrected chi connectivity index (χ3v) is 4.77. The van der Waals surface area contributed by atoms with Gasteiger partial charge >= 0.3 is 0 Å². The van der Waals surface area contributed by atoms with Gasteiger partial charge in [-0.2, -0.15) is 0 Å². The van der Waals surface area contributed by atoms with Crippen LogP contribution >= 0.6 is 0 Å². The lowest BCUT2D eigenvalue weighted by atomic mass is 9.70. The van der Waals surface area contributed by atoms with Crippen LogP contribution in [0.5, 0.6) is 5.75 Å². The van der Waals surface area contributed by atoms with Gasteiger partial charge < -0.3 is 9.84 Å². The highest BCUT2D eigenvalue weighted by Gasteiger charge is 2.32. The Hall–Kier alpha value is -1.02. The highest BCUT2D eigenvalue weighted by Crippen LogP contribution is 2.44. The summed E-state index contributed by atoms with van der Waals surface area (Å²) in [6, 6.07) is 4.54. The van der Waals surface area contributed by atoms with Crippen molar-refractivity contribution in [2.24, 2.45) is 0 Å². The summed E-state index contributed by atoms with van der Waals surface area (Å²) >= 11 is 0. The van der Waals surface area contributed by atoms with E-state index in [4.69, 9.17) is 9.84 Å². The fraction of sp³-hybridized carbons (Fsp3) is 0.667. The second kappa shape index (κ2) is 6.62. The van der Waals surface area contributed by atoms with Crippen LogP contribution in [-0.2, 0) is 11.8 Å². The molecule has 0 saturated heterocycles. The van der Waals surface area contributed by atoms with Crippen molar-refractivity contribution in [1.82, 2.24) is 0 Å². The topological polar surface area (TPSA) is 29.5 Å². The molecule has 2 nitrogen and oxygen atoms in total. The molecule has 1 aromatic carbocycles. The zero-order chi connectivity index (χ0) is 14.6. The number of aliphatic hydroxyl groups excluding tert-OH is 1. The minimum Gasteiger partial charge on any atom is -0.496 e. The van der Waals surface area contributed by atoms with Crippen LogP contribution in [0, 0.1) is 6.92 Å². The maximum Gasteiger partial charge on any atom is 0.125 e. The molecule has 1 N–H and O–H groups in total. The first-order chi connectivity index (χ1) is 9.60. The highest BCUT2D eigenvalue weighted by atomic mass is 16.5. The summed E-state index contributed by atoms with van der Waals surface area (Å²) in [5, 5.41) is 9.04. The van der Waals surface area contributed by atoms with Gasteiger partial charge in [-0.1, -0.05) is 38.3 Å². The van der Waals surface area contributed by atoms with Gasteiger partial charge in [0.05, 0.1) is 7.11 Å². The van der Waals surface area contributed by atoms with Crippen molar-refractivity contribution in [3.63, 3.8) is 0 Å². The minimum atomic E-state index is 0.254. The van der Waals surface area contributed by atoms with Gasteiger partial charge in [-0.05, 0) is 49.1 Å². The molecule has 20 heavy (non-hydrogen) atoms. The fourth-order valence-corrected chi connectivity index (χ4v) is 3.60. The summed E-state index contributed by atoms with van der Waals surface area (Å²) in [7, 11) is 1.78. The number of hydrogen-bond acceptors (Lipinski definition) is 2. The first-order valence-corrected chi connectivity index (χ1v) is 7.89. The summed E-state index contributed by atoms with van der Waals surface area (Å²) in [4.78, 5) is 0. The van der Waals surface area contributed by atoms with E-state index in [1.54, 1.807) is 7.11 Å². The minimum absolute atomic E-state index is 0.254. The Bertz CT molecular complexity index is 445. The first-order valence-electron chi connectivity index (χ1n) is 7.89. The Kier molecular flexibility index (Phi) is 5.09. The molecular weight excluding hydrogens is 248 g/mol. The van der Waals surface area contributed by atoms with Gasteiger partial charge in [-0.15, -0.1) is 0 Å². The Morgan fingerprint density at radius 1 is 1.20 bits per heavy atom. The predicted octanol–water partition coefficient (Wildman–Crippen LogP) is 4.15. The van der Waals surface area contributed by atoms with Crippen molar-refractivity contribution in [1.29, 1.82) is 0 Å². The Labute approximate surface area is 123 Å². The van der Waals surface area contributed by atoms with Gasteiger partial charge in [0.1, 0.15) is 5.75 Å². The molecule has 0 radical (unpaired) electrons. The second-order valence-corrected chi connectivity index (χ2v) is 6.44. The summed E-state index contributed by atoms with van der Waals surface area (Å²) in [6.07, 6.45) is 8.30. The van der Waals surface area contributed by atoms with Crippen LogP contribution < -0.4 is 4.74 Å². The molecule has 1 fully saturated rings. The second-order valence-electron chi connectivity index (χ2n) is 6.44. The van der Waals surface area contributed by atoms with Crippen molar-refractivity contribution in [2.45, 2.75) is 64.2 Å². The average molecular weight is 276 g/mol. The summed E-state index contributed by atoms with van der Waals surface area (Å²) < 4.78 is 5.70. The standard InChI is InChI=1S/C18H28O2/c1-14-12-15(8-7-11-19)13-16(17(14)20-3)18(2)9-5-4-6-10-18/h12-13,19H,4-11H2,1-3H3. The number of aliphatic hydroxyl groups is 1. The average Bonchev–Trinajstić information content (AvgIpc) is 2.45. The molecule has 0 aliphatic heterocycles. The summed E-state index contributed by atoms with van der Waals surface area (Å²) in [6.45, 7) is 4.79. The molecule has 0 heterocycles. The quantitative estimate of drug-likeness (QED) is 0.875. The van der Waals surface area contributed by atoms with Crippen molar-refractivity contribution < 1.29 is 9.84 Å². The number of aryl methyl sites for hydroxylation is 2. The molecule has 2 rings (SSSR count). The van der Waals surface area contributed by atoms with E-state index in [-0.39, 0.29) is 12.0 Å². The van der Waals surface area contributed by atoms with Gasteiger partial charge in [0.2, 0.25) is 0 Å². The molecule has 0 bridgehead atoms. The molecule has 0 atom stereocenters. The Balaban J connectivity index is 2.39. The van der Waals surface area contributed by atoms with Gasteiger partial charge in [-0.25, -0.2) is 0 Å². The molecule has 1 saturated carbocycles. The van der Waals surface area contributed by atoms with Crippen LogP contribution in [0.25, 0.3) is 0 Å². The van der Waals surface area contributed by atoms with Crippen LogP contribution in [0.1, 0.15) is 62.1 Å². The number of methoxy groups -OCH3 is 1. The molecule has 1 aliphatic rings. The summed E-state index contributed by atoms with van der Waals surface area (Å²) in [5.41, 5.74) is 4.19. The van der Waals surface area contributed by atoms with Crippen LogP contribution in [0.2, 0.25) is 0 Å². The predicted molar refractivity (Wildman–Crippen MR) is 83.6 cm³/mol. The number of rotatable bonds is 5. The van der Waals surface area contributed by atoms with E-state index in [1.807, 2.05) is 0 Å². The van der Waals surface area contributed by atoms with Crippen LogP contribution in [0.4, 0.5) is 0 Å². The van der Waals surface area contributed by atoms with Gasteiger partial charge in [0.25, 0.3) is 0 Å². The zero-order valence-electron chi connectivity index (χ0n) is 13.2. The van der Waals surface area contributed by atoms with E-state index in [0.717, 1.165) is 18.6 Å². The molecule has 1 aromatic rings. The molecule has 0 unspecified atom stereocenters. The van der Waals surface area contributed by atoms with Crippen molar-refractivity contribution >= 4 is 0 Å².